The van der Waals surface area contributed by atoms with Gasteiger partial charge in [0.05, 0.1) is 6.54 Å². The summed E-state index contributed by atoms with van der Waals surface area (Å²) in [5.74, 6) is 8.46. The summed E-state index contributed by atoms with van der Waals surface area (Å²) in [4.78, 5) is 11.3. The molecule has 0 aromatic carbocycles. The Morgan fingerprint density at radius 2 is 2.00 bits per heavy atom. The Bertz CT molecular complexity index is 396. The Hall–Kier alpha value is -1.20. The molecule has 1 aromatic rings. The molecule has 1 aliphatic heterocycles. The summed E-state index contributed by atoms with van der Waals surface area (Å²) in [6, 6.07) is 1.85. The fourth-order valence-electron chi connectivity index (χ4n) is 2.90. The van der Waals surface area contributed by atoms with E-state index < -0.39 is 0 Å². The first-order valence-corrected chi connectivity index (χ1v) is 6.60. The molecule has 18 heavy (non-hydrogen) atoms. The average molecular weight is 249 g/mol. The van der Waals surface area contributed by atoms with Crippen LogP contribution in [0.1, 0.15) is 31.8 Å². The number of aromatic nitrogens is 2. The van der Waals surface area contributed by atoms with Crippen LogP contribution < -0.4 is 11.3 Å². The highest BCUT2D eigenvalue weighted by atomic mass is 15.3. The van der Waals surface area contributed by atoms with Crippen LogP contribution in [0.5, 0.6) is 0 Å². The first-order chi connectivity index (χ1) is 8.56. The molecule has 1 fully saturated rings. The summed E-state index contributed by atoms with van der Waals surface area (Å²) in [7, 11) is 0. The Balaban J connectivity index is 2.06. The molecule has 5 nitrogen and oxygen atoms in total. The summed E-state index contributed by atoms with van der Waals surface area (Å²) < 4.78 is 0. The number of rotatable bonds is 3. The largest absolute Gasteiger partial charge is 0.308 e. The van der Waals surface area contributed by atoms with Crippen LogP contribution in [-0.2, 0) is 6.54 Å². The van der Waals surface area contributed by atoms with Gasteiger partial charge in [0, 0.05) is 24.8 Å². The molecule has 2 atom stereocenters. The normalized spacial score (nSPS) is 25.1. The van der Waals surface area contributed by atoms with Crippen molar-refractivity contribution >= 4 is 5.82 Å². The number of aryl methyl sites for hydroxylation is 1. The second kappa shape index (κ2) is 5.63. The van der Waals surface area contributed by atoms with Gasteiger partial charge in [-0.15, -0.1) is 0 Å². The van der Waals surface area contributed by atoms with E-state index in [0.29, 0.717) is 5.82 Å². The maximum atomic E-state index is 5.41. The molecule has 0 aliphatic carbocycles. The van der Waals surface area contributed by atoms with Gasteiger partial charge in [0.25, 0.3) is 0 Å². The minimum absolute atomic E-state index is 0.690. The molecular formula is C13H23N5. The fourth-order valence-corrected chi connectivity index (χ4v) is 2.90. The van der Waals surface area contributed by atoms with Crippen LogP contribution >= 0.6 is 0 Å². The van der Waals surface area contributed by atoms with Crippen molar-refractivity contribution in [2.45, 2.75) is 33.7 Å². The molecule has 100 valence electrons. The molecule has 3 N–H and O–H groups in total. The lowest BCUT2D eigenvalue weighted by Crippen LogP contribution is -2.38. The molecule has 0 bridgehead atoms. The Morgan fingerprint density at radius 3 is 2.61 bits per heavy atom. The third kappa shape index (κ3) is 3.40. The maximum Gasteiger partial charge on any atom is 0.145 e. The molecule has 1 aliphatic rings. The molecule has 5 heteroatoms. The summed E-state index contributed by atoms with van der Waals surface area (Å²) >= 11 is 0. The SMILES string of the molecule is Cc1cc(NN)nc(CN2CC(C)CC(C)C2)n1. The van der Waals surface area contributed by atoms with Crippen molar-refractivity contribution in [1.82, 2.24) is 14.9 Å². The van der Waals surface area contributed by atoms with E-state index in [1.165, 1.54) is 6.42 Å². The van der Waals surface area contributed by atoms with Crippen molar-refractivity contribution in [3.8, 4) is 0 Å². The molecule has 0 radical (unpaired) electrons. The Morgan fingerprint density at radius 1 is 1.33 bits per heavy atom. The van der Waals surface area contributed by atoms with Crippen LogP contribution in [-0.4, -0.2) is 28.0 Å². The second-order valence-electron chi connectivity index (χ2n) is 5.60. The van der Waals surface area contributed by atoms with E-state index >= 15 is 0 Å². The fraction of sp³-hybridized carbons (Fsp3) is 0.692. The number of nitrogens with two attached hydrogens (primary N) is 1. The zero-order chi connectivity index (χ0) is 13.1. The van der Waals surface area contributed by atoms with Crippen LogP contribution in [0.4, 0.5) is 5.82 Å². The standard InChI is InChI=1S/C13H23N5/c1-9-4-10(2)7-18(6-9)8-13-15-11(3)5-12(16-13)17-14/h5,9-10H,4,6-8,14H2,1-3H3,(H,15,16,17). The van der Waals surface area contributed by atoms with Crippen LogP contribution in [0, 0.1) is 18.8 Å². The smallest absolute Gasteiger partial charge is 0.145 e. The predicted octanol–water partition coefficient (Wildman–Crippen LogP) is 1.55. The van der Waals surface area contributed by atoms with Crippen molar-refractivity contribution in [2.75, 3.05) is 18.5 Å². The minimum Gasteiger partial charge on any atom is -0.308 e. The number of likely N-dealkylation sites (tertiary alicyclic amines) is 1. The summed E-state index contributed by atoms with van der Waals surface area (Å²) in [5, 5.41) is 0. The van der Waals surface area contributed by atoms with Crippen molar-refractivity contribution < 1.29 is 0 Å². The van der Waals surface area contributed by atoms with E-state index in [1.807, 2.05) is 13.0 Å². The molecule has 1 saturated heterocycles. The van der Waals surface area contributed by atoms with E-state index in [0.717, 1.165) is 43.0 Å². The first kappa shape index (κ1) is 13.2. The average Bonchev–Trinajstić information content (AvgIpc) is 2.26. The van der Waals surface area contributed by atoms with Crippen molar-refractivity contribution in [3.05, 3.63) is 17.6 Å². The zero-order valence-electron chi connectivity index (χ0n) is 11.5. The van der Waals surface area contributed by atoms with Gasteiger partial charge in [0.2, 0.25) is 0 Å². The van der Waals surface area contributed by atoms with E-state index in [9.17, 15) is 0 Å². The monoisotopic (exact) mass is 249 g/mol. The van der Waals surface area contributed by atoms with Gasteiger partial charge in [-0.2, -0.15) is 0 Å². The van der Waals surface area contributed by atoms with Crippen molar-refractivity contribution in [1.29, 1.82) is 0 Å². The quantitative estimate of drug-likeness (QED) is 0.628. The number of hydrazine groups is 1. The van der Waals surface area contributed by atoms with Gasteiger partial charge in [-0.25, -0.2) is 15.8 Å². The molecule has 2 rings (SSSR count). The van der Waals surface area contributed by atoms with Crippen LogP contribution in [0.2, 0.25) is 0 Å². The lowest BCUT2D eigenvalue weighted by atomic mass is 9.92. The number of hydrogen-bond donors (Lipinski definition) is 2. The third-order valence-electron chi connectivity index (χ3n) is 3.36. The zero-order valence-corrected chi connectivity index (χ0v) is 11.5. The Labute approximate surface area is 109 Å². The highest BCUT2D eigenvalue weighted by Crippen LogP contribution is 2.22. The molecule has 0 spiro atoms. The van der Waals surface area contributed by atoms with Gasteiger partial charge >= 0.3 is 0 Å². The van der Waals surface area contributed by atoms with Crippen LogP contribution in [0.3, 0.4) is 0 Å². The van der Waals surface area contributed by atoms with Crippen molar-refractivity contribution in [3.63, 3.8) is 0 Å². The van der Waals surface area contributed by atoms with Crippen LogP contribution in [0.15, 0.2) is 6.07 Å². The van der Waals surface area contributed by atoms with Crippen LogP contribution in [0.25, 0.3) is 0 Å². The molecule has 0 amide bonds. The van der Waals surface area contributed by atoms with Crippen molar-refractivity contribution in [2.24, 2.45) is 17.7 Å². The third-order valence-corrected chi connectivity index (χ3v) is 3.36. The van der Waals surface area contributed by atoms with Gasteiger partial charge in [-0.05, 0) is 25.2 Å². The van der Waals surface area contributed by atoms with E-state index in [1.54, 1.807) is 0 Å². The predicted molar refractivity (Wildman–Crippen MR) is 72.8 cm³/mol. The topological polar surface area (TPSA) is 67.1 Å². The summed E-state index contributed by atoms with van der Waals surface area (Å²) in [6.45, 7) is 9.66. The highest BCUT2D eigenvalue weighted by Gasteiger charge is 2.22. The number of nitrogen functional groups attached to an aromatic ring is 1. The van der Waals surface area contributed by atoms with Gasteiger partial charge in [0.15, 0.2) is 0 Å². The van der Waals surface area contributed by atoms with Gasteiger partial charge in [0.1, 0.15) is 11.6 Å². The summed E-state index contributed by atoms with van der Waals surface area (Å²) in [6.07, 6.45) is 1.32. The number of anilines is 1. The van der Waals surface area contributed by atoms with Gasteiger partial charge < -0.3 is 5.43 Å². The first-order valence-electron chi connectivity index (χ1n) is 6.60. The Kier molecular flexibility index (Phi) is 4.14. The molecule has 2 unspecified atom stereocenters. The lowest BCUT2D eigenvalue weighted by Gasteiger charge is -2.34. The van der Waals surface area contributed by atoms with E-state index in [2.05, 4.69) is 34.1 Å². The number of piperidine rings is 1. The molecule has 1 aromatic heterocycles. The second-order valence-corrected chi connectivity index (χ2v) is 5.60. The van der Waals surface area contributed by atoms with E-state index in [-0.39, 0.29) is 0 Å². The lowest BCUT2D eigenvalue weighted by molar-refractivity contribution is 0.131. The number of hydrogen-bond acceptors (Lipinski definition) is 5. The van der Waals surface area contributed by atoms with Gasteiger partial charge in [-0.1, -0.05) is 13.8 Å². The molecule has 2 heterocycles. The summed E-state index contributed by atoms with van der Waals surface area (Å²) in [5.41, 5.74) is 3.54. The van der Waals surface area contributed by atoms with Gasteiger partial charge in [-0.3, -0.25) is 4.90 Å². The molecule has 0 saturated carbocycles. The maximum absolute atomic E-state index is 5.41. The highest BCUT2D eigenvalue weighted by molar-refractivity contribution is 5.33. The van der Waals surface area contributed by atoms with E-state index in [4.69, 9.17) is 5.84 Å². The minimum atomic E-state index is 0.690. The number of nitrogens with zero attached hydrogens (tertiary/aromatic N) is 3. The number of nitrogens with one attached hydrogen (secondary N) is 1. The molecular weight excluding hydrogens is 226 g/mol.